The number of imidazole rings is 1. The van der Waals surface area contributed by atoms with Gasteiger partial charge in [-0.25, -0.2) is 9.78 Å². The summed E-state index contributed by atoms with van der Waals surface area (Å²) in [5.74, 6) is 1.07. The van der Waals surface area contributed by atoms with Crippen LogP contribution in [0.4, 0.5) is 4.79 Å². The molecule has 1 aliphatic heterocycles. The molecule has 21 heavy (non-hydrogen) atoms. The van der Waals surface area contributed by atoms with Crippen LogP contribution in [0.3, 0.4) is 0 Å². The van der Waals surface area contributed by atoms with Crippen molar-refractivity contribution in [2.45, 2.75) is 45.3 Å². The largest absolute Gasteiger partial charge is 0.444 e. The van der Waals surface area contributed by atoms with E-state index in [4.69, 9.17) is 4.74 Å². The third-order valence-corrected chi connectivity index (χ3v) is 3.54. The van der Waals surface area contributed by atoms with Gasteiger partial charge in [0.25, 0.3) is 0 Å². The number of aryl methyl sites for hydroxylation is 1. The molecule has 2 rings (SSSR count). The van der Waals surface area contributed by atoms with Crippen molar-refractivity contribution in [2.75, 3.05) is 19.6 Å². The van der Waals surface area contributed by atoms with Crippen LogP contribution in [0.5, 0.6) is 0 Å². The fourth-order valence-corrected chi connectivity index (χ4v) is 2.44. The number of ether oxygens (including phenoxy) is 1. The monoisotopic (exact) mass is 294 g/mol. The maximum atomic E-state index is 12.0. The summed E-state index contributed by atoms with van der Waals surface area (Å²) in [4.78, 5) is 18.1. The van der Waals surface area contributed by atoms with Gasteiger partial charge in [0.1, 0.15) is 11.4 Å². The minimum absolute atomic E-state index is 0.212. The van der Waals surface area contributed by atoms with Gasteiger partial charge in [-0.3, -0.25) is 0 Å². The molecule has 0 bridgehead atoms. The molecular formula is C15H26N4O2. The highest BCUT2D eigenvalue weighted by atomic mass is 16.6. The Hall–Kier alpha value is -1.56. The highest BCUT2D eigenvalue weighted by Crippen LogP contribution is 2.15. The number of carbonyl (C=O) groups is 1. The molecule has 1 atom stereocenters. The zero-order chi connectivity index (χ0) is 15.5. The lowest BCUT2D eigenvalue weighted by atomic mass is 10.2. The summed E-state index contributed by atoms with van der Waals surface area (Å²) in [6, 6.07) is 0.345. The van der Waals surface area contributed by atoms with Crippen LogP contribution in [0.2, 0.25) is 0 Å². The van der Waals surface area contributed by atoms with Gasteiger partial charge in [0.15, 0.2) is 0 Å². The topological polar surface area (TPSA) is 59.4 Å². The van der Waals surface area contributed by atoms with Crippen molar-refractivity contribution in [1.82, 2.24) is 19.8 Å². The molecular weight excluding hydrogens is 268 g/mol. The van der Waals surface area contributed by atoms with Crippen LogP contribution in [0.1, 0.15) is 33.0 Å². The second-order valence-electron chi connectivity index (χ2n) is 6.57. The van der Waals surface area contributed by atoms with Gasteiger partial charge in [0.05, 0.1) is 0 Å². The Labute approximate surface area is 126 Å². The Kier molecular flexibility index (Phi) is 4.88. The molecule has 118 valence electrons. The summed E-state index contributed by atoms with van der Waals surface area (Å²) in [5.41, 5.74) is -0.430. The lowest BCUT2D eigenvalue weighted by Gasteiger charge is -2.24. The lowest BCUT2D eigenvalue weighted by Crippen LogP contribution is -2.38. The molecule has 1 amide bonds. The Morgan fingerprint density at radius 1 is 1.52 bits per heavy atom. The van der Waals surface area contributed by atoms with E-state index in [9.17, 15) is 4.79 Å². The SMILES string of the molecule is Cn1ccnc1CCNC1CCN(C(=O)OC(C)(C)C)C1. The number of amides is 1. The maximum Gasteiger partial charge on any atom is 0.410 e. The summed E-state index contributed by atoms with van der Waals surface area (Å²) in [6.07, 6.45) is 5.42. The number of aromatic nitrogens is 2. The van der Waals surface area contributed by atoms with Gasteiger partial charge in [-0.1, -0.05) is 0 Å². The van der Waals surface area contributed by atoms with E-state index in [2.05, 4.69) is 10.3 Å². The van der Waals surface area contributed by atoms with Gasteiger partial charge in [0, 0.05) is 51.5 Å². The van der Waals surface area contributed by atoms with E-state index >= 15 is 0 Å². The molecule has 6 heteroatoms. The van der Waals surface area contributed by atoms with Crippen molar-refractivity contribution in [2.24, 2.45) is 7.05 Å². The molecule has 1 fully saturated rings. The van der Waals surface area contributed by atoms with Crippen molar-refractivity contribution in [1.29, 1.82) is 0 Å². The molecule has 0 aromatic carbocycles. The van der Waals surface area contributed by atoms with Gasteiger partial charge < -0.3 is 19.5 Å². The molecule has 0 spiro atoms. The van der Waals surface area contributed by atoms with Crippen molar-refractivity contribution < 1.29 is 9.53 Å². The number of carbonyl (C=O) groups excluding carboxylic acids is 1. The van der Waals surface area contributed by atoms with E-state index in [1.165, 1.54) is 0 Å². The highest BCUT2D eigenvalue weighted by molar-refractivity contribution is 5.68. The molecule has 0 saturated carbocycles. The molecule has 6 nitrogen and oxygen atoms in total. The van der Waals surface area contributed by atoms with Crippen LogP contribution >= 0.6 is 0 Å². The minimum Gasteiger partial charge on any atom is -0.444 e. The zero-order valence-corrected chi connectivity index (χ0v) is 13.4. The summed E-state index contributed by atoms with van der Waals surface area (Å²) < 4.78 is 7.43. The predicted molar refractivity (Wildman–Crippen MR) is 81.1 cm³/mol. The number of likely N-dealkylation sites (tertiary alicyclic amines) is 1. The third kappa shape index (κ3) is 4.74. The van der Waals surface area contributed by atoms with E-state index in [0.29, 0.717) is 6.04 Å². The third-order valence-electron chi connectivity index (χ3n) is 3.54. The first-order valence-electron chi connectivity index (χ1n) is 7.52. The van der Waals surface area contributed by atoms with Crippen molar-refractivity contribution in [3.63, 3.8) is 0 Å². The van der Waals surface area contributed by atoms with Crippen molar-refractivity contribution in [3.05, 3.63) is 18.2 Å². The molecule has 1 unspecified atom stereocenters. The van der Waals surface area contributed by atoms with Gasteiger partial charge in [-0.05, 0) is 27.2 Å². The molecule has 1 aromatic heterocycles. The second kappa shape index (κ2) is 6.47. The van der Waals surface area contributed by atoms with Gasteiger partial charge in [-0.15, -0.1) is 0 Å². The maximum absolute atomic E-state index is 12.0. The summed E-state index contributed by atoms with van der Waals surface area (Å²) in [7, 11) is 2.00. The van der Waals surface area contributed by atoms with Crippen molar-refractivity contribution >= 4 is 6.09 Å². The van der Waals surface area contributed by atoms with Crippen LogP contribution in [-0.4, -0.2) is 51.8 Å². The van der Waals surface area contributed by atoms with E-state index < -0.39 is 5.60 Å². The average molecular weight is 294 g/mol. The second-order valence-corrected chi connectivity index (χ2v) is 6.57. The Morgan fingerprint density at radius 3 is 2.90 bits per heavy atom. The van der Waals surface area contributed by atoms with Crippen LogP contribution in [0, 0.1) is 0 Å². The van der Waals surface area contributed by atoms with Gasteiger partial charge in [-0.2, -0.15) is 0 Å². The van der Waals surface area contributed by atoms with E-state index in [1.54, 1.807) is 4.90 Å². The van der Waals surface area contributed by atoms with Gasteiger partial charge in [0.2, 0.25) is 0 Å². The summed E-state index contributed by atoms with van der Waals surface area (Å²) in [6.45, 7) is 8.03. The molecule has 0 aliphatic carbocycles. The summed E-state index contributed by atoms with van der Waals surface area (Å²) in [5, 5.41) is 3.49. The van der Waals surface area contributed by atoms with E-state index in [0.717, 1.165) is 38.3 Å². The van der Waals surface area contributed by atoms with E-state index in [-0.39, 0.29) is 6.09 Å². The number of hydrogen-bond acceptors (Lipinski definition) is 4. The first-order valence-corrected chi connectivity index (χ1v) is 7.52. The van der Waals surface area contributed by atoms with Gasteiger partial charge >= 0.3 is 6.09 Å². The van der Waals surface area contributed by atoms with Crippen LogP contribution in [0.25, 0.3) is 0 Å². The lowest BCUT2D eigenvalue weighted by molar-refractivity contribution is 0.0291. The quantitative estimate of drug-likeness (QED) is 0.915. The molecule has 2 heterocycles. The molecule has 0 radical (unpaired) electrons. The number of hydrogen-bond donors (Lipinski definition) is 1. The van der Waals surface area contributed by atoms with Crippen LogP contribution in [-0.2, 0) is 18.2 Å². The first kappa shape index (κ1) is 15.8. The Morgan fingerprint density at radius 2 is 2.29 bits per heavy atom. The molecule has 1 saturated heterocycles. The minimum atomic E-state index is -0.430. The van der Waals surface area contributed by atoms with Crippen LogP contribution in [0.15, 0.2) is 12.4 Å². The molecule has 1 N–H and O–H groups in total. The first-order chi connectivity index (χ1) is 9.85. The fourth-order valence-electron chi connectivity index (χ4n) is 2.44. The number of nitrogens with zero attached hydrogens (tertiary/aromatic N) is 3. The standard InChI is InChI=1S/C15H26N4O2/c1-15(2,3)21-14(20)19-9-6-12(11-19)16-7-5-13-17-8-10-18(13)4/h8,10,12,16H,5-7,9,11H2,1-4H3. The number of nitrogens with one attached hydrogen (secondary N) is 1. The fraction of sp³-hybridized carbons (Fsp3) is 0.733. The zero-order valence-electron chi connectivity index (χ0n) is 13.4. The van der Waals surface area contributed by atoms with Crippen LogP contribution < -0.4 is 5.32 Å². The normalized spacial score (nSPS) is 19.0. The highest BCUT2D eigenvalue weighted by Gasteiger charge is 2.29. The smallest absolute Gasteiger partial charge is 0.410 e. The Bertz CT molecular complexity index is 478. The van der Waals surface area contributed by atoms with E-state index in [1.807, 2.05) is 44.8 Å². The number of rotatable bonds is 4. The Balaban J connectivity index is 1.70. The average Bonchev–Trinajstić information content (AvgIpc) is 2.97. The van der Waals surface area contributed by atoms with Crippen molar-refractivity contribution in [3.8, 4) is 0 Å². The predicted octanol–water partition coefficient (Wildman–Crippen LogP) is 1.56. The summed E-state index contributed by atoms with van der Waals surface area (Å²) >= 11 is 0. The molecule has 1 aromatic rings. The molecule has 1 aliphatic rings.